The van der Waals surface area contributed by atoms with Crippen molar-refractivity contribution in [1.82, 2.24) is 0 Å². The van der Waals surface area contributed by atoms with E-state index in [0.717, 1.165) is 21.5 Å². The molecule has 0 radical (unpaired) electrons. The molecular weight excluding hydrogens is 752 g/mol. The van der Waals surface area contributed by atoms with E-state index in [9.17, 15) is 13.2 Å². The van der Waals surface area contributed by atoms with Gasteiger partial charge in [-0.3, -0.25) is 0 Å². The van der Waals surface area contributed by atoms with Gasteiger partial charge < -0.3 is 32.8 Å². The lowest BCUT2D eigenvalue weighted by Gasteiger charge is -2.43. The predicted molar refractivity (Wildman–Crippen MR) is 216 cm³/mol. The smallest absolute Gasteiger partial charge is 0.468 e. The van der Waals surface area contributed by atoms with Crippen molar-refractivity contribution >= 4 is 30.3 Å². The highest BCUT2D eigenvalue weighted by molar-refractivity contribution is 6.99. The van der Waals surface area contributed by atoms with Crippen LogP contribution in [0, 0.1) is 0 Å². The van der Waals surface area contributed by atoms with Gasteiger partial charge in [-0.15, -0.1) is 0 Å². The number of rotatable bonds is 15. The summed E-state index contributed by atoms with van der Waals surface area (Å²) in [4.78, 5) is 3.86. The van der Waals surface area contributed by atoms with E-state index in [-0.39, 0.29) is 30.5 Å². The average Bonchev–Trinajstić information content (AvgIpc) is 3.55. The third-order valence-electron chi connectivity index (χ3n) is 9.81. The molecule has 0 amide bonds. The first-order valence-electron chi connectivity index (χ1n) is 18.7. The quantitative estimate of drug-likeness (QED) is 0.0596. The minimum absolute atomic E-state index is 0.0136. The monoisotopic (exact) mass is 799 g/mol. The zero-order valence-corrected chi connectivity index (χ0v) is 33.6. The van der Waals surface area contributed by atoms with Gasteiger partial charge in [0.2, 0.25) is 6.29 Å². The van der Waals surface area contributed by atoms with Crippen molar-refractivity contribution in [2.24, 2.45) is 4.99 Å². The second-order valence-corrected chi connectivity index (χ2v) is 18.9. The lowest BCUT2D eigenvalue weighted by atomic mass is 10.1. The Morgan fingerprint density at radius 2 is 1.09 bits per heavy atom. The third-order valence-corrected chi connectivity index (χ3v) is 14.8. The molecule has 1 fully saturated rings. The van der Waals surface area contributed by atoms with E-state index in [1.54, 1.807) is 44.6 Å². The van der Waals surface area contributed by atoms with Crippen molar-refractivity contribution < 1.29 is 46.0 Å². The molecule has 8 nitrogen and oxygen atoms in total. The van der Waals surface area contributed by atoms with E-state index >= 15 is 0 Å². The van der Waals surface area contributed by atoms with Gasteiger partial charge in [0.25, 0.3) is 14.2 Å². The summed E-state index contributed by atoms with van der Waals surface area (Å²) in [5, 5.41) is 1.68. The number of alkyl halides is 3. The molecule has 6 rings (SSSR count). The molecule has 1 unspecified atom stereocenters. The van der Waals surface area contributed by atoms with Crippen molar-refractivity contribution in [1.29, 1.82) is 0 Å². The van der Waals surface area contributed by atoms with Gasteiger partial charge in [0.15, 0.2) is 0 Å². The number of hydrogen-bond acceptors (Lipinski definition) is 8. The number of benzene rings is 5. The molecule has 1 saturated heterocycles. The fraction of sp³-hybridized carbons (Fsp3) is 0.311. The van der Waals surface area contributed by atoms with Crippen LogP contribution in [0.1, 0.15) is 31.9 Å². The van der Waals surface area contributed by atoms with Crippen molar-refractivity contribution in [3.05, 3.63) is 151 Å². The summed E-state index contributed by atoms with van der Waals surface area (Å²) in [5.41, 5.74) is 1.63. The van der Waals surface area contributed by atoms with Crippen molar-refractivity contribution in [2.75, 3.05) is 20.8 Å². The lowest BCUT2D eigenvalue weighted by molar-refractivity contribution is -0.164. The maximum absolute atomic E-state index is 14.7. The van der Waals surface area contributed by atoms with Crippen LogP contribution in [0.25, 0.3) is 0 Å². The highest BCUT2D eigenvalue weighted by Gasteiger charge is 2.54. The average molecular weight is 800 g/mol. The molecule has 57 heavy (non-hydrogen) atoms. The van der Waals surface area contributed by atoms with Crippen molar-refractivity contribution in [3.63, 3.8) is 0 Å². The van der Waals surface area contributed by atoms with E-state index in [0.29, 0.717) is 11.5 Å². The van der Waals surface area contributed by atoms with E-state index in [4.69, 9.17) is 32.8 Å². The maximum atomic E-state index is 14.7. The largest absolute Gasteiger partial charge is 0.497 e. The minimum atomic E-state index is -4.96. The predicted octanol–water partition coefficient (Wildman–Crippen LogP) is 8.79. The molecule has 5 aromatic carbocycles. The molecule has 0 bridgehead atoms. The molecular formula is C45H48F3NO7Si. The second-order valence-electron chi connectivity index (χ2n) is 14.6. The Balaban J connectivity index is 1.40. The Morgan fingerprint density at radius 3 is 1.53 bits per heavy atom. The number of nitrogens with zero attached hydrogens (tertiary/aromatic N) is 1. The lowest BCUT2D eigenvalue weighted by Crippen LogP contribution is -2.67. The first kappa shape index (κ1) is 41.6. The molecule has 12 heteroatoms. The molecule has 300 valence electrons. The van der Waals surface area contributed by atoms with Crippen LogP contribution in [0.5, 0.6) is 11.5 Å². The number of halogens is 3. The summed E-state index contributed by atoms with van der Waals surface area (Å²) >= 11 is 0. The SMILES string of the molecule is COc1ccc(CO[C@@H]2[C@@H](CO[Si](c3ccccc3)(c3ccccc3)C(C)(C)C)OC(OC(=Nc3ccccc3)C(F)(F)F)[C@@H]2OCc2ccc(OC)cc2)cc1. The van der Waals surface area contributed by atoms with Gasteiger partial charge in [-0.1, -0.05) is 124 Å². The molecule has 1 aliphatic heterocycles. The Labute approximate surface area is 333 Å². The van der Waals surface area contributed by atoms with E-state index < -0.39 is 45.0 Å². The van der Waals surface area contributed by atoms with Gasteiger partial charge in [-0.2, -0.15) is 13.2 Å². The van der Waals surface area contributed by atoms with E-state index in [2.05, 4.69) is 50.0 Å². The Morgan fingerprint density at radius 1 is 0.632 bits per heavy atom. The number of hydrogen-bond donors (Lipinski definition) is 0. The molecule has 0 saturated carbocycles. The standard InChI is InChI=1S/C45H48F3NO7Si/c1-44(2,3)57(37-17-11-7-12-18-37,38-19-13-8-14-20-38)54-31-39-40(52-29-32-21-25-35(50-4)26-22-32)41(53-30-33-23-27-36(51-5)28-24-33)42(55-39)56-43(45(46,47)48)49-34-15-9-6-10-16-34/h6-28,39-42H,29-31H2,1-5H3/t39-,40-,41-,42?/m1/s1. The summed E-state index contributed by atoms with van der Waals surface area (Å²) in [6, 6.07) is 42.5. The van der Waals surface area contributed by atoms with Crippen LogP contribution < -0.4 is 19.8 Å². The van der Waals surface area contributed by atoms with E-state index in [1.165, 1.54) is 12.1 Å². The topological polar surface area (TPSA) is 77.0 Å². The van der Waals surface area contributed by atoms with Crippen LogP contribution in [0.15, 0.2) is 145 Å². The maximum Gasteiger partial charge on any atom is 0.468 e. The normalized spacial score (nSPS) is 19.0. The molecule has 0 aromatic heterocycles. The first-order valence-corrected chi connectivity index (χ1v) is 20.6. The van der Waals surface area contributed by atoms with E-state index in [1.807, 2.05) is 72.8 Å². The second kappa shape index (κ2) is 18.5. The van der Waals surface area contributed by atoms with Gasteiger partial charge in [0, 0.05) is 0 Å². The molecule has 1 heterocycles. The Bertz CT molecular complexity index is 1970. The van der Waals surface area contributed by atoms with Crippen molar-refractivity contribution in [2.45, 2.75) is 69.8 Å². The summed E-state index contributed by atoms with van der Waals surface area (Å²) in [5.74, 6) is -0.150. The molecule has 0 spiro atoms. The van der Waals surface area contributed by atoms with Crippen molar-refractivity contribution in [3.8, 4) is 11.5 Å². The highest BCUT2D eigenvalue weighted by Crippen LogP contribution is 2.39. The minimum Gasteiger partial charge on any atom is -0.497 e. The Kier molecular flexibility index (Phi) is 13.5. The van der Waals surface area contributed by atoms with Crippen LogP contribution in [0.3, 0.4) is 0 Å². The Hall–Kier alpha value is -4.98. The van der Waals surface area contributed by atoms with Crippen LogP contribution >= 0.6 is 0 Å². The number of ether oxygens (including phenoxy) is 6. The molecule has 1 aliphatic rings. The summed E-state index contributed by atoms with van der Waals surface area (Å²) in [6.45, 7) is 6.50. The third kappa shape index (κ3) is 10.1. The molecule has 4 atom stereocenters. The number of methoxy groups -OCH3 is 2. The fourth-order valence-electron chi connectivity index (χ4n) is 6.98. The van der Waals surface area contributed by atoms with Gasteiger partial charge in [0.05, 0.1) is 39.7 Å². The zero-order chi connectivity index (χ0) is 40.5. The number of para-hydroxylation sites is 1. The molecule has 0 N–H and O–H groups in total. The summed E-state index contributed by atoms with van der Waals surface area (Å²) < 4.78 is 87.4. The van der Waals surface area contributed by atoms with Crippen LogP contribution in [0.4, 0.5) is 18.9 Å². The fourth-order valence-corrected chi connectivity index (χ4v) is 11.6. The summed E-state index contributed by atoms with van der Waals surface area (Å²) in [7, 11) is 0.0224. The van der Waals surface area contributed by atoms with Gasteiger partial charge in [0.1, 0.15) is 29.8 Å². The van der Waals surface area contributed by atoms with Crippen LogP contribution in [-0.2, 0) is 36.6 Å². The van der Waals surface area contributed by atoms with Gasteiger partial charge >= 0.3 is 6.18 Å². The van der Waals surface area contributed by atoms with Gasteiger partial charge in [-0.05, 0) is 62.9 Å². The zero-order valence-electron chi connectivity index (χ0n) is 32.6. The first-order chi connectivity index (χ1) is 27.4. The molecule has 0 aliphatic carbocycles. The number of aliphatic imine (C=N–C) groups is 1. The van der Waals surface area contributed by atoms with Crippen LogP contribution in [0.2, 0.25) is 5.04 Å². The molecule has 5 aromatic rings. The highest BCUT2D eigenvalue weighted by atomic mass is 28.4. The van der Waals surface area contributed by atoms with Gasteiger partial charge in [-0.25, -0.2) is 4.99 Å². The summed E-state index contributed by atoms with van der Waals surface area (Å²) in [6.07, 6.45) is -9.56. The van der Waals surface area contributed by atoms with Crippen LogP contribution in [-0.4, -0.2) is 65.8 Å².